The van der Waals surface area contributed by atoms with Crippen molar-refractivity contribution in [3.63, 3.8) is 0 Å². The minimum absolute atomic E-state index is 0.0987. The molecule has 0 unspecified atom stereocenters. The van der Waals surface area contributed by atoms with Crippen LogP contribution in [-0.4, -0.2) is 59.9 Å². The molecule has 0 spiro atoms. The van der Waals surface area contributed by atoms with Crippen LogP contribution in [0.25, 0.3) is 0 Å². The molecule has 4 nitrogen and oxygen atoms in total. The van der Waals surface area contributed by atoms with E-state index in [1.54, 1.807) is 0 Å². The van der Waals surface area contributed by atoms with Gasteiger partial charge in [-0.15, -0.1) is 0 Å². The number of piperazine rings is 1. The standard InChI is InChI=1S/C30H34ClN3O/c31-28-15-13-24(14-16-28)22-32-17-7-12-27(23-32)30(35)34-20-18-33(19-21-34)29(25-8-3-1-4-9-25)26-10-5-2-6-11-26/h1-6,8-11,13-16,27,29H,7,12,17-23H2/t27-/m0/s1. The van der Waals surface area contributed by atoms with Gasteiger partial charge in [0.25, 0.3) is 0 Å². The number of rotatable bonds is 6. The Kier molecular flexibility index (Phi) is 7.82. The number of piperidine rings is 1. The molecule has 1 atom stereocenters. The lowest BCUT2D eigenvalue weighted by Gasteiger charge is -2.42. The van der Waals surface area contributed by atoms with Gasteiger partial charge in [-0.3, -0.25) is 14.6 Å². The van der Waals surface area contributed by atoms with E-state index >= 15 is 0 Å². The number of halogens is 1. The van der Waals surface area contributed by atoms with Crippen LogP contribution in [0.4, 0.5) is 0 Å². The van der Waals surface area contributed by atoms with E-state index in [0.29, 0.717) is 5.91 Å². The topological polar surface area (TPSA) is 26.8 Å². The van der Waals surface area contributed by atoms with Gasteiger partial charge in [-0.2, -0.15) is 0 Å². The maximum atomic E-state index is 13.5. The first-order valence-corrected chi connectivity index (χ1v) is 13.1. The van der Waals surface area contributed by atoms with E-state index in [9.17, 15) is 4.79 Å². The summed E-state index contributed by atoms with van der Waals surface area (Å²) < 4.78 is 0. The van der Waals surface area contributed by atoms with Crippen molar-refractivity contribution >= 4 is 17.5 Å². The third-order valence-electron chi connectivity index (χ3n) is 7.40. The zero-order valence-electron chi connectivity index (χ0n) is 20.2. The quantitative estimate of drug-likeness (QED) is 0.460. The fraction of sp³-hybridized carbons (Fsp3) is 0.367. The summed E-state index contributed by atoms with van der Waals surface area (Å²) in [6.07, 6.45) is 2.07. The smallest absolute Gasteiger partial charge is 0.227 e. The van der Waals surface area contributed by atoms with Crippen molar-refractivity contribution in [2.24, 2.45) is 5.92 Å². The molecule has 0 aliphatic carbocycles. The highest BCUT2D eigenvalue weighted by atomic mass is 35.5. The molecule has 1 amide bonds. The molecular weight excluding hydrogens is 454 g/mol. The lowest BCUT2D eigenvalue weighted by molar-refractivity contribution is -0.139. The van der Waals surface area contributed by atoms with Gasteiger partial charge in [-0.1, -0.05) is 84.4 Å². The SMILES string of the molecule is O=C([C@H]1CCCN(Cc2ccc(Cl)cc2)C1)N1CCN(C(c2ccccc2)c2ccccc2)CC1. The van der Waals surface area contributed by atoms with E-state index in [1.807, 2.05) is 12.1 Å². The Morgan fingerprint density at radius 1 is 0.800 bits per heavy atom. The van der Waals surface area contributed by atoms with E-state index in [0.717, 1.165) is 63.7 Å². The lowest BCUT2D eigenvalue weighted by Crippen LogP contribution is -2.53. The lowest BCUT2D eigenvalue weighted by atomic mass is 9.94. The van der Waals surface area contributed by atoms with Crippen LogP contribution in [0.15, 0.2) is 84.9 Å². The first-order valence-electron chi connectivity index (χ1n) is 12.8. The van der Waals surface area contributed by atoms with Crippen LogP contribution in [0.2, 0.25) is 5.02 Å². The fourth-order valence-electron chi connectivity index (χ4n) is 5.59. The highest BCUT2D eigenvalue weighted by Crippen LogP contribution is 2.30. The second-order valence-electron chi connectivity index (χ2n) is 9.79. The van der Waals surface area contributed by atoms with Crippen molar-refractivity contribution in [1.82, 2.24) is 14.7 Å². The minimum atomic E-state index is 0.0987. The minimum Gasteiger partial charge on any atom is -0.340 e. The first kappa shape index (κ1) is 24.1. The van der Waals surface area contributed by atoms with Gasteiger partial charge in [0.2, 0.25) is 5.91 Å². The molecule has 5 rings (SSSR count). The molecule has 2 fully saturated rings. The van der Waals surface area contributed by atoms with E-state index in [1.165, 1.54) is 16.7 Å². The third kappa shape index (κ3) is 5.95. The van der Waals surface area contributed by atoms with Crippen molar-refractivity contribution in [2.75, 3.05) is 39.3 Å². The molecule has 0 saturated carbocycles. The van der Waals surface area contributed by atoms with Crippen molar-refractivity contribution in [3.05, 3.63) is 107 Å². The second kappa shape index (κ2) is 11.4. The first-order chi connectivity index (χ1) is 17.2. The van der Waals surface area contributed by atoms with Gasteiger partial charge in [-0.25, -0.2) is 0 Å². The average molecular weight is 488 g/mol. The number of amides is 1. The average Bonchev–Trinajstić information content (AvgIpc) is 2.92. The summed E-state index contributed by atoms with van der Waals surface area (Å²) in [6.45, 7) is 6.15. The molecule has 2 heterocycles. The normalized spacial score (nSPS) is 19.7. The molecule has 3 aromatic carbocycles. The number of nitrogens with zero attached hydrogens (tertiary/aromatic N) is 3. The van der Waals surface area contributed by atoms with E-state index in [2.05, 4.69) is 87.5 Å². The molecular formula is C30H34ClN3O. The summed E-state index contributed by atoms with van der Waals surface area (Å²) in [7, 11) is 0. The molecule has 2 aliphatic heterocycles. The molecule has 3 aromatic rings. The Morgan fingerprint density at radius 2 is 1.40 bits per heavy atom. The van der Waals surface area contributed by atoms with Gasteiger partial charge in [0.15, 0.2) is 0 Å². The van der Waals surface area contributed by atoms with Gasteiger partial charge in [-0.05, 0) is 48.2 Å². The van der Waals surface area contributed by atoms with Crippen LogP contribution in [0, 0.1) is 5.92 Å². The summed E-state index contributed by atoms with van der Waals surface area (Å²) in [5.41, 5.74) is 3.87. The van der Waals surface area contributed by atoms with Crippen molar-refractivity contribution in [1.29, 1.82) is 0 Å². The highest BCUT2D eigenvalue weighted by Gasteiger charge is 2.33. The predicted octanol–water partition coefficient (Wildman–Crippen LogP) is 5.49. The van der Waals surface area contributed by atoms with Gasteiger partial charge >= 0.3 is 0 Å². The summed E-state index contributed by atoms with van der Waals surface area (Å²) in [6, 6.07) is 29.7. The van der Waals surface area contributed by atoms with Crippen molar-refractivity contribution < 1.29 is 4.79 Å². The van der Waals surface area contributed by atoms with Crippen LogP contribution in [-0.2, 0) is 11.3 Å². The van der Waals surface area contributed by atoms with Gasteiger partial charge in [0.1, 0.15) is 0 Å². The van der Waals surface area contributed by atoms with Crippen LogP contribution in [0.5, 0.6) is 0 Å². The molecule has 5 heteroatoms. The number of carbonyl (C=O) groups is 1. The Hall–Kier alpha value is -2.66. The molecule has 182 valence electrons. The maximum absolute atomic E-state index is 13.5. The summed E-state index contributed by atoms with van der Waals surface area (Å²) in [5.74, 6) is 0.433. The molecule has 0 aromatic heterocycles. The second-order valence-corrected chi connectivity index (χ2v) is 10.2. The molecule has 2 aliphatic rings. The predicted molar refractivity (Wildman–Crippen MR) is 142 cm³/mol. The highest BCUT2D eigenvalue weighted by molar-refractivity contribution is 6.30. The monoisotopic (exact) mass is 487 g/mol. The Bertz CT molecular complexity index is 1040. The zero-order chi connectivity index (χ0) is 24.0. The van der Waals surface area contributed by atoms with Gasteiger partial charge in [0, 0.05) is 44.3 Å². The molecule has 0 N–H and O–H groups in total. The van der Waals surface area contributed by atoms with Gasteiger partial charge < -0.3 is 4.90 Å². The van der Waals surface area contributed by atoms with Gasteiger partial charge in [0.05, 0.1) is 12.0 Å². The van der Waals surface area contributed by atoms with E-state index in [-0.39, 0.29) is 12.0 Å². The Balaban J connectivity index is 1.20. The number of hydrogen-bond donors (Lipinski definition) is 0. The largest absolute Gasteiger partial charge is 0.340 e. The number of carbonyl (C=O) groups excluding carboxylic acids is 1. The van der Waals surface area contributed by atoms with Crippen LogP contribution in [0.3, 0.4) is 0 Å². The third-order valence-corrected chi connectivity index (χ3v) is 7.65. The number of benzene rings is 3. The van der Waals surface area contributed by atoms with Crippen molar-refractivity contribution in [2.45, 2.75) is 25.4 Å². The molecule has 2 saturated heterocycles. The zero-order valence-corrected chi connectivity index (χ0v) is 21.0. The molecule has 0 radical (unpaired) electrons. The molecule has 35 heavy (non-hydrogen) atoms. The van der Waals surface area contributed by atoms with E-state index in [4.69, 9.17) is 11.6 Å². The summed E-state index contributed by atoms with van der Waals surface area (Å²) in [4.78, 5) is 20.5. The van der Waals surface area contributed by atoms with Crippen LogP contribution >= 0.6 is 11.6 Å². The van der Waals surface area contributed by atoms with E-state index < -0.39 is 0 Å². The Morgan fingerprint density at radius 3 is 2.00 bits per heavy atom. The summed E-state index contributed by atoms with van der Waals surface area (Å²) >= 11 is 6.04. The number of hydrogen-bond acceptors (Lipinski definition) is 3. The van der Waals surface area contributed by atoms with Crippen molar-refractivity contribution in [3.8, 4) is 0 Å². The Labute approximate surface area is 214 Å². The van der Waals surface area contributed by atoms with Crippen LogP contribution < -0.4 is 0 Å². The maximum Gasteiger partial charge on any atom is 0.227 e. The van der Waals surface area contributed by atoms with Crippen LogP contribution in [0.1, 0.15) is 35.6 Å². The molecule has 0 bridgehead atoms. The number of likely N-dealkylation sites (tertiary alicyclic amines) is 1. The fourth-order valence-corrected chi connectivity index (χ4v) is 5.72. The summed E-state index contributed by atoms with van der Waals surface area (Å²) in [5, 5.41) is 0.765.